The van der Waals surface area contributed by atoms with Gasteiger partial charge in [-0.15, -0.1) is 10.1 Å². The van der Waals surface area contributed by atoms with Crippen molar-refractivity contribution in [1.82, 2.24) is 0 Å². The molecule has 2 rings (SSSR count). The summed E-state index contributed by atoms with van der Waals surface area (Å²) in [6.45, 7) is 2.12. The van der Waals surface area contributed by atoms with Gasteiger partial charge in [0.05, 0.1) is 0 Å². The van der Waals surface area contributed by atoms with E-state index in [4.69, 9.17) is 0 Å². The lowest BCUT2D eigenvalue weighted by molar-refractivity contribution is -0.763. The molecule has 0 amide bonds. The molecule has 0 unspecified atom stereocenters. The summed E-state index contributed by atoms with van der Waals surface area (Å²) in [5.41, 5.74) is 3.46. The summed E-state index contributed by atoms with van der Waals surface area (Å²) < 4.78 is 0. The van der Waals surface area contributed by atoms with E-state index in [0.29, 0.717) is 5.92 Å². The van der Waals surface area contributed by atoms with Crippen molar-refractivity contribution in [3.05, 3.63) is 45.0 Å². The molecule has 1 aromatic rings. The van der Waals surface area contributed by atoms with Gasteiger partial charge in [0.25, 0.3) is 5.09 Å². The maximum absolute atomic E-state index is 10.1. The Balaban J connectivity index is 2.11. The van der Waals surface area contributed by atoms with Gasteiger partial charge in [0.1, 0.15) is 6.61 Å². The van der Waals surface area contributed by atoms with Gasteiger partial charge >= 0.3 is 0 Å². The van der Waals surface area contributed by atoms with E-state index in [1.54, 1.807) is 0 Å². The lowest BCUT2D eigenvalue weighted by Crippen LogP contribution is -2.01. The predicted molar refractivity (Wildman–Crippen MR) is 54.9 cm³/mol. The molecule has 15 heavy (non-hydrogen) atoms. The van der Waals surface area contributed by atoms with Crippen LogP contribution in [0.25, 0.3) is 0 Å². The van der Waals surface area contributed by atoms with E-state index in [1.165, 1.54) is 24.0 Å². The van der Waals surface area contributed by atoms with Crippen molar-refractivity contribution in [3.63, 3.8) is 0 Å². The molecule has 4 nitrogen and oxygen atoms in total. The van der Waals surface area contributed by atoms with Gasteiger partial charge < -0.3 is 4.84 Å². The largest absolute Gasteiger partial charge is 0.309 e. The first-order valence-electron chi connectivity index (χ1n) is 5.03. The van der Waals surface area contributed by atoms with Crippen molar-refractivity contribution in [2.75, 3.05) is 0 Å². The van der Waals surface area contributed by atoms with Gasteiger partial charge in [-0.1, -0.05) is 18.2 Å². The lowest BCUT2D eigenvalue weighted by atomic mass is 10.0. The van der Waals surface area contributed by atoms with Gasteiger partial charge in [-0.3, -0.25) is 0 Å². The van der Waals surface area contributed by atoms with Crippen molar-refractivity contribution < 1.29 is 9.92 Å². The standard InChI is InChI=1S/C11H13NO3/c1-8-2-3-9(7-15-12(13)14)6-11(8)10-4-5-10/h2-3,6,10H,4-5,7H2,1H3. The summed E-state index contributed by atoms with van der Waals surface area (Å²) in [6, 6.07) is 5.91. The van der Waals surface area contributed by atoms with E-state index in [9.17, 15) is 10.1 Å². The number of benzene rings is 1. The van der Waals surface area contributed by atoms with E-state index in [-0.39, 0.29) is 6.61 Å². The monoisotopic (exact) mass is 207 g/mol. The Hall–Kier alpha value is -1.58. The second kappa shape index (κ2) is 3.88. The van der Waals surface area contributed by atoms with Crippen LogP contribution in [0.1, 0.15) is 35.4 Å². The van der Waals surface area contributed by atoms with Crippen LogP contribution in [0.15, 0.2) is 18.2 Å². The molecule has 0 radical (unpaired) electrons. The van der Waals surface area contributed by atoms with Crippen LogP contribution >= 0.6 is 0 Å². The van der Waals surface area contributed by atoms with Crippen molar-refractivity contribution in [1.29, 1.82) is 0 Å². The Morgan fingerprint density at radius 3 is 2.87 bits per heavy atom. The Morgan fingerprint density at radius 1 is 1.53 bits per heavy atom. The molecule has 0 N–H and O–H groups in total. The molecule has 4 heteroatoms. The molecular formula is C11H13NO3. The highest BCUT2D eigenvalue weighted by molar-refractivity contribution is 5.35. The Morgan fingerprint density at radius 2 is 2.27 bits per heavy atom. The van der Waals surface area contributed by atoms with Gasteiger partial charge in [-0.05, 0) is 42.4 Å². The SMILES string of the molecule is Cc1ccc(CO[N+](=O)[O-])cc1C1CC1. The molecule has 1 fully saturated rings. The summed E-state index contributed by atoms with van der Waals surface area (Å²) in [4.78, 5) is 14.4. The normalized spacial score (nSPS) is 15.0. The van der Waals surface area contributed by atoms with Crippen LogP contribution in [0.3, 0.4) is 0 Å². The second-order valence-electron chi connectivity index (χ2n) is 3.96. The molecule has 0 aliphatic heterocycles. The summed E-state index contributed by atoms with van der Waals surface area (Å²) in [5, 5.41) is 9.30. The summed E-state index contributed by atoms with van der Waals surface area (Å²) in [6.07, 6.45) is 2.47. The van der Waals surface area contributed by atoms with Gasteiger partial charge in [0.15, 0.2) is 0 Å². The smallest absolute Gasteiger partial charge is 0.294 e. The first-order chi connectivity index (χ1) is 7.16. The van der Waals surface area contributed by atoms with Crippen LogP contribution in [0.4, 0.5) is 0 Å². The maximum Gasteiger partial charge on any atom is 0.294 e. The number of nitrogens with zero attached hydrogens (tertiary/aromatic N) is 1. The summed E-state index contributed by atoms with van der Waals surface area (Å²) >= 11 is 0. The quantitative estimate of drug-likeness (QED) is 0.563. The first kappa shape index (κ1) is 9.96. The van der Waals surface area contributed by atoms with Crippen LogP contribution in [0.5, 0.6) is 0 Å². The van der Waals surface area contributed by atoms with Gasteiger partial charge in [-0.2, -0.15) is 0 Å². The number of rotatable bonds is 4. The second-order valence-corrected chi connectivity index (χ2v) is 3.96. The molecule has 0 bridgehead atoms. The summed E-state index contributed by atoms with van der Waals surface area (Å²) in [7, 11) is 0. The van der Waals surface area contributed by atoms with Crippen LogP contribution in [0.2, 0.25) is 0 Å². The summed E-state index contributed by atoms with van der Waals surface area (Å²) in [5.74, 6) is 0.667. The molecule has 0 aromatic heterocycles. The lowest BCUT2D eigenvalue weighted by Gasteiger charge is -2.07. The van der Waals surface area contributed by atoms with Crippen molar-refractivity contribution >= 4 is 0 Å². The third kappa shape index (κ3) is 2.46. The maximum atomic E-state index is 10.1. The highest BCUT2D eigenvalue weighted by Crippen LogP contribution is 2.41. The molecular weight excluding hydrogens is 194 g/mol. The Labute approximate surface area is 88.0 Å². The fourth-order valence-electron chi connectivity index (χ4n) is 1.74. The zero-order chi connectivity index (χ0) is 10.8. The molecule has 1 saturated carbocycles. The van der Waals surface area contributed by atoms with Crippen LogP contribution in [-0.2, 0) is 11.4 Å². The number of hydrogen-bond donors (Lipinski definition) is 0. The van der Waals surface area contributed by atoms with Gasteiger partial charge in [-0.25, -0.2) is 0 Å². The predicted octanol–water partition coefficient (Wildman–Crippen LogP) is 2.58. The first-order valence-corrected chi connectivity index (χ1v) is 5.03. The molecule has 0 saturated heterocycles. The van der Waals surface area contributed by atoms with Crippen LogP contribution < -0.4 is 0 Å². The van der Waals surface area contributed by atoms with Crippen molar-refractivity contribution in [2.45, 2.75) is 32.3 Å². The molecule has 1 aromatic carbocycles. The fraction of sp³-hybridized carbons (Fsp3) is 0.455. The zero-order valence-electron chi connectivity index (χ0n) is 8.60. The van der Waals surface area contributed by atoms with Crippen LogP contribution in [-0.4, -0.2) is 5.09 Å². The van der Waals surface area contributed by atoms with Crippen LogP contribution in [0, 0.1) is 17.0 Å². The highest BCUT2D eigenvalue weighted by atomic mass is 16.9. The topological polar surface area (TPSA) is 52.4 Å². The Bertz CT molecular complexity index is 385. The molecule has 0 spiro atoms. The number of hydrogen-bond acceptors (Lipinski definition) is 3. The van der Waals surface area contributed by atoms with Gasteiger partial charge in [0, 0.05) is 0 Å². The van der Waals surface area contributed by atoms with E-state index in [2.05, 4.69) is 11.8 Å². The minimum Gasteiger partial charge on any atom is -0.309 e. The fourth-order valence-corrected chi connectivity index (χ4v) is 1.74. The van der Waals surface area contributed by atoms with E-state index in [1.807, 2.05) is 18.2 Å². The third-order valence-corrected chi connectivity index (χ3v) is 2.70. The van der Waals surface area contributed by atoms with E-state index < -0.39 is 5.09 Å². The van der Waals surface area contributed by atoms with Gasteiger partial charge in [0.2, 0.25) is 0 Å². The molecule has 1 aliphatic rings. The van der Waals surface area contributed by atoms with Crippen molar-refractivity contribution in [2.24, 2.45) is 0 Å². The minimum atomic E-state index is -0.753. The zero-order valence-corrected chi connectivity index (χ0v) is 8.60. The average molecular weight is 207 g/mol. The molecule has 0 heterocycles. The molecule has 0 atom stereocenters. The van der Waals surface area contributed by atoms with E-state index in [0.717, 1.165) is 5.56 Å². The van der Waals surface area contributed by atoms with Crippen molar-refractivity contribution in [3.8, 4) is 0 Å². The minimum absolute atomic E-state index is 0.0486. The molecule has 1 aliphatic carbocycles. The third-order valence-electron chi connectivity index (χ3n) is 2.70. The molecule has 80 valence electrons. The Kier molecular flexibility index (Phi) is 2.58. The highest BCUT2D eigenvalue weighted by Gasteiger charge is 2.25. The number of aryl methyl sites for hydroxylation is 1. The average Bonchev–Trinajstić information content (AvgIpc) is 3.00. The van der Waals surface area contributed by atoms with E-state index >= 15 is 0 Å².